The SMILES string of the molecule is Cc1nc(-c2nc(N(C)C)nc(N(C)C)n2)no1. The molecule has 0 atom stereocenters. The molecule has 0 aliphatic rings. The Morgan fingerprint density at radius 1 is 0.778 bits per heavy atom. The van der Waals surface area contributed by atoms with Gasteiger partial charge in [0.1, 0.15) is 0 Å². The van der Waals surface area contributed by atoms with Gasteiger partial charge < -0.3 is 14.3 Å². The number of aromatic nitrogens is 5. The fourth-order valence-corrected chi connectivity index (χ4v) is 1.24. The molecule has 0 unspecified atom stereocenters. The van der Waals surface area contributed by atoms with Crippen molar-refractivity contribution in [2.24, 2.45) is 0 Å². The third-order valence-electron chi connectivity index (χ3n) is 2.14. The summed E-state index contributed by atoms with van der Waals surface area (Å²) in [6, 6.07) is 0. The molecule has 8 heteroatoms. The predicted octanol–water partition coefficient (Wildman–Crippen LogP) is 0.362. The van der Waals surface area contributed by atoms with Crippen LogP contribution in [0.5, 0.6) is 0 Å². The maximum atomic E-state index is 4.93. The molecule has 0 fully saturated rings. The summed E-state index contributed by atoms with van der Waals surface area (Å²) in [5.41, 5.74) is 0. The van der Waals surface area contributed by atoms with Crippen LogP contribution in [0.4, 0.5) is 11.9 Å². The van der Waals surface area contributed by atoms with Gasteiger partial charge in [0.25, 0.3) is 0 Å². The lowest BCUT2D eigenvalue weighted by molar-refractivity contribution is 0.394. The molecule has 0 amide bonds. The summed E-state index contributed by atoms with van der Waals surface area (Å²) in [5, 5.41) is 3.81. The first kappa shape index (κ1) is 12.2. The third kappa shape index (κ3) is 2.36. The third-order valence-corrected chi connectivity index (χ3v) is 2.14. The van der Waals surface area contributed by atoms with E-state index in [0.717, 1.165) is 0 Å². The van der Waals surface area contributed by atoms with Crippen molar-refractivity contribution in [1.82, 2.24) is 25.1 Å². The average Bonchev–Trinajstić information content (AvgIpc) is 2.75. The van der Waals surface area contributed by atoms with Gasteiger partial charge in [0.05, 0.1) is 0 Å². The Hall–Kier alpha value is -2.25. The number of rotatable bonds is 3. The van der Waals surface area contributed by atoms with Crippen LogP contribution in [0.2, 0.25) is 0 Å². The Labute approximate surface area is 105 Å². The highest BCUT2D eigenvalue weighted by Gasteiger charge is 2.15. The largest absolute Gasteiger partial charge is 0.347 e. The van der Waals surface area contributed by atoms with Gasteiger partial charge in [-0.25, -0.2) is 0 Å². The van der Waals surface area contributed by atoms with Gasteiger partial charge in [-0.2, -0.15) is 19.9 Å². The molecular formula is C10H15N7O. The van der Waals surface area contributed by atoms with Crippen molar-refractivity contribution in [2.45, 2.75) is 6.92 Å². The van der Waals surface area contributed by atoms with Gasteiger partial charge in [-0.15, -0.1) is 0 Å². The smallest absolute Gasteiger partial charge is 0.240 e. The number of aryl methyl sites for hydroxylation is 1. The molecule has 0 N–H and O–H groups in total. The van der Waals surface area contributed by atoms with E-state index in [4.69, 9.17) is 4.52 Å². The number of anilines is 2. The Balaban J connectivity index is 2.53. The topological polar surface area (TPSA) is 84.1 Å². The molecule has 0 saturated carbocycles. The summed E-state index contributed by atoms with van der Waals surface area (Å²) in [4.78, 5) is 20.6. The molecule has 8 nitrogen and oxygen atoms in total. The molecule has 0 aliphatic carbocycles. The monoisotopic (exact) mass is 249 g/mol. The van der Waals surface area contributed by atoms with Gasteiger partial charge in [-0.05, 0) is 0 Å². The van der Waals surface area contributed by atoms with Gasteiger partial charge in [0.15, 0.2) is 0 Å². The zero-order chi connectivity index (χ0) is 13.3. The number of hydrogen-bond donors (Lipinski definition) is 0. The second-order valence-corrected chi connectivity index (χ2v) is 4.18. The minimum atomic E-state index is 0.362. The summed E-state index contributed by atoms with van der Waals surface area (Å²) in [6.07, 6.45) is 0. The van der Waals surface area contributed by atoms with Crippen LogP contribution in [0.1, 0.15) is 5.89 Å². The molecule has 96 valence electrons. The van der Waals surface area contributed by atoms with E-state index in [1.165, 1.54) is 0 Å². The zero-order valence-corrected chi connectivity index (χ0v) is 11.0. The summed E-state index contributed by atoms with van der Waals surface area (Å²) in [6.45, 7) is 1.72. The van der Waals surface area contributed by atoms with Crippen LogP contribution >= 0.6 is 0 Å². The summed E-state index contributed by atoms with van der Waals surface area (Å²) in [7, 11) is 7.44. The lowest BCUT2D eigenvalue weighted by atomic mass is 10.5. The molecule has 0 bridgehead atoms. The minimum absolute atomic E-state index is 0.362. The van der Waals surface area contributed by atoms with E-state index in [1.807, 2.05) is 28.2 Å². The van der Waals surface area contributed by atoms with Gasteiger partial charge in [0, 0.05) is 35.1 Å². The first-order valence-electron chi connectivity index (χ1n) is 5.39. The Morgan fingerprint density at radius 2 is 1.33 bits per heavy atom. The van der Waals surface area contributed by atoms with E-state index in [9.17, 15) is 0 Å². The molecule has 0 aromatic carbocycles. The molecule has 0 aliphatic heterocycles. The van der Waals surface area contributed by atoms with Gasteiger partial charge >= 0.3 is 0 Å². The second-order valence-electron chi connectivity index (χ2n) is 4.18. The van der Waals surface area contributed by atoms with Crippen LogP contribution in [0, 0.1) is 6.92 Å². The molecule has 0 radical (unpaired) electrons. The first-order valence-corrected chi connectivity index (χ1v) is 5.39. The lowest BCUT2D eigenvalue weighted by Crippen LogP contribution is -2.19. The molecule has 0 saturated heterocycles. The van der Waals surface area contributed by atoms with E-state index in [-0.39, 0.29) is 0 Å². The minimum Gasteiger partial charge on any atom is -0.347 e. The zero-order valence-electron chi connectivity index (χ0n) is 11.0. The normalized spacial score (nSPS) is 10.5. The first-order chi connectivity index (χ1) is 8.47. The standard InChI is InChI=1S/C10H15N7O/c1-6-11-8(15-18-6)7-12-9(16(2)3)14-10(13-7)17(4)5/h1-5H3. The van der Waals surface area contributed by atoms with Crippen molar-refractivity contribution >= 4 is 11.9 Å². The van der Waals surface area contributed by atoms with Crippen LogP contribution in [0.25, 0.3) is 11.6 Å². The van der Waals surface area contributed by atoms with E-state index in [2.05, 4.69) is 25.1 Å². The Morgan fingerprint density at radius 3 is 1.72 bits per heavy atom. The quantitative estimate of drug-likeness (QED) is 0.771. The van der Waals surface area contributed by atoms with E-state index < -0.39 is 0 Å². The van der Waals surface area contributed by atoms with Crippen molar-refractivity contribution in [3.05, 3.63) is 5.89 Å². The maximum Gasteiger partial charge on any atom is 0.240 e. The summed E-state index contributed by atoms with van der Waals surface area (Å²) < 4.78 is 4.93. The van der Waals surface area contributed by atoms with E-state index in [1.54, 1.807) is 16.7 Å². The van der Waals surface area contributed by atoms with Gasteiger partial charge in [-0.1, -0.05) is 5.16 Å². The van der Waals surface area contributed by atoms with Crippen molar-refractivity contribution < 1.29 is 4.52 Å². The number of nitrogens with zero attached hydrogens (tertiary/aromatic N) is 7. The molecule has 2 aromatic heterocycles. The highest BCUT2D eigenvalue weighted by atomic mass is 16.5. The van der Waals surface area contributed by atoms with E-state index >= 15 is 0 Å². The maximum absolute atomic E-state index is 4.93. The molecule has 2 heterocycles. The summed E-state index contributed by atoms with van der Waals surface area (Å²) in [5.74, 6) is 2.33. The van der Waals surface area contributed by atoms with Crippen LogP contribution in [0.15, 0.2) is 4.52 Å². The number of hydrogen-bond acceptors (Lipinski definition) is 8. The van der Waals surface area contributed by atoms with Crippen molar-refractivity contribution in [3.63, 3.8) is 0 Å². The van der Waals surface area contributed by atoms with E-state index in [0.29, 0.717) is 29.4 Å². The molecule has 0 spiro atoms. The van der Waals surface area contributed by atoms with Gasteiger partial charge in [0.2, 0.25) is 29.4 Å². The Bertz CT molecular complexity index is 523. The summed E-state index contributed by atoms with van der Waals surface area (Å²) >= 11 is 0. The van der Waals surface area contributed by atoms with Crippen LogP contribution in [0.3, 0.4) is 0 Å². The van der Waals surface area contributed by atoms with Crippen molar-refractivity contribution in [3.8, 4) is 11.6 Å². The van der Waals surface area contributed by atoms with Gasteiger partial charge in [-0.3, -0.25) is 0 Å². The van der Waals surface area contributed by atoms with Crippen LogP contribution < -0.4 is 9.80 Å². The fourth-order valence-electron chi connectivity index (χ4n) is 1.24. The molecule has 2 rings (SSSR count). The molecule has 2 aromatic rings. The highest BCUT2D eigenvalue weighted by molar-refractivity contribution is 5.49. The highest BCUT2D eigenvalue weighted by Crippen LogP contribution is 2.17. The van der Waals surface area contributed by atoms with Crippen molar-refractivity contribution in [2.75, 3.05) is 38.0 Å². The predicted molar refractivity (Wildman–Crippen MR) is 66.5 cm³/mol. The van der Waals surface area contributed by atoms with Crippen molar-refractivity contribution in [1.29, 1.82) is 0 Å². The molecule has 18 heavy (non-hydrogen) atoms. The fraction of sp³-hybridized carbons (Fsp3) is 0.500. The second kappa shape index (κ2) is 4.55. The van der Waals surface area contributed by atoms with Crippen LogP contribution in [-0.2, 0) is 0 Å². The molecular weight excluding hydrogens is 234 g/mol. The van der Waals surface area contributed by atoms with Crippen LogP contribution in [-0.4, -0.2) is 53.3 Å². The lowest BCUT2D eigenvalue weighted by Gasteiger charge is -2.15. The Kier molecular flexibility index (Phi) is 3.09. The average molecular weight is 249 g/mol.